The summed E-state index contributed by atoms with van der Waals surface area (Å²) in [6.45, 7) is 4.74. The fourth-order valence-electron chi connectivity index (χ4n) is 2.58. The Hall–Kier alpha value is -3.19. The molecule has 1 N–H and O–H groups in total. The van der Waals surface area contributed by atoms with E-state index in [-0.39, 0.29) is 12.4 Å². The number of hydrazone groups is 1. The lowest BCUT2D eigenvalue weighted by atomic mass is 10.1. The molecule has 0 aliphatic carbocycles. The maximum atomic E-state index is 11.5. The van der Waals surface area contributed by atoms with Crippen molar-refractivity contribution in [3.8, 4) is 5.75 Å². The van der Waals surface area contributed by atoms with Gasteiger partial charge in [-0.3, -0.25) is 10.2 Å². The van der Waals surface area contributed by atoms with E-state index in [4.69, 9.17) is 9.47 Å². The number of carbonyl (C=O) groups excluding carboxylic acids is 1. The van der Waals surface area contributed by atoms with Crippen LogP contribution in [-0.4, -0.2) is 23.8 Å². The second kappa shape index (κ2) is 10.4. The minimum atomic E-state index is -0.282. The van der Waals surface area contributed by atoms with Crippen molar-refractivity contribution in [3.63, 3.8) is 0 Å². The van der Waals surface area contributed by atoms with Gasteiger partial charge < -0.3 is 9.47 Å². The topological polar surface area (TPSA) is 72.8 Å². The summed E-state index contributed by atoms with van der Waals surface area (Å²) in [6.07, 6.45) is 1.86. The average Bonchev–Trinajstić information content (AvgIpc) is 3.15. The number of thiazole rings is 1. The van der Waals surface area contributed by atoms with Crippen LogP contribution in [0.2, 0.25) is 0 Å². The van der Waals surface area contributed by atoms with Gasteiger partial charge in [-0.15, -0.1) is 11.3 Å². The van der Waals surface area contributed by atoms with Gasteiger partial charge in [0.1, 0.15) is 12.4 Å². The van der Waals surface area contributed by atoms with Crippen molar-refractivity contribution in [2.45, 2.75) is 26.9 Å². The molecule has 0 amide bonds. The first-order valence-electron chi connectivity index (χ1n) is 9.30. The summed E-state index contributed by atoms with van der Waals surface area (Å²) >= 11 is 1.39. The molecule has 3 aromatic rings. The predicted molar refractivity (Wildman–Crippen MR) is 116 cm³/mol. The van der Waals surface area contributed by atoms with Crippen molar-refractivity contribution < 1.29 is 14.3 Å². The number of carbonyl (C=O) groups is 1. The van der Waals surface area contributed by atoms with Crippen molar-refractivity contribution >= 4 is 28.7 Å². The number of aryl methyl sites for hydroxylation is 1. The minimum absolute atomic E-state index is 0.163. The molecule has 150 valence electrons. The first-order valence-corrected chi connectivity index (χ1v) is 10.2. The zero-order valence-corrected chi connectivity index (χ0v) is 17.2. The summed E-state index contributed by atoms with van der Waals surface area (Å²) in [5.74, 6) is 0.499. The molecule has 0 spiro atoms. The van der Waals surface area contributed by atoms with Crippen LogP contribution in [0.4, 0.5) is 5.13 Å². The highest BCUT2D eigenvalue weighted by Gasteiger charge is 2.08. The van der Waals surface area contributed by atoms with Gasteiger partial charge in [-0.25, -0.2) is 4.98 Å². The van der Waals surface area contributed by atoms with E-state index in [1.165, 1.54) is 16.9 Å². The Morgan fingerprint density at radius 1 is 1.24 bits per heavy atom. The number of ether oxygens (including phenoxy) is 2. The van der Waals surface area contributed by atoms with Crippen LogP contribution >= 0.6 is 11.3 Å². The third-order valence-corrected chi connectivity index (χ3v) is 4.87. The maximum Gasteiger partial charge on any atom is 0.311 e. The van der Waals surface area contributed by atoms with Crippen LogP contribution in [0.15, 0.2) is 59.0 Å². The van der Waals surface area contributed by atoms with Crippen LogP contribution in [-0.2, 0) is 22.6 Å². The molecule has 7 heteroatoms. The molecular weight excluding hydrogens is 386 g/mol. The Bertz CT molecular complexity index is 985. The number of nitrogens with zero attached hydrogens (tertiary/aromatic N) is 2. The molecule has 0 aliphatic heterocycles. The third kappa shape index (κ3) is 6.43. The van der Waals surface area contributed by atoms with Gasteiger partial charge in [0, 0.05) is 5.38 Å². The number of nitrogens with one attached hydrogen (secondary N) is 1. The zero-order valence-electron chi connectivity index (χ0n) is 16.4. The first-order chi connectivity index (χ1) is 14.1. The average molecular weight is 410 g/mol. The monoisotopic (exact) mass is 409 g/mol. The van der Waals surface area contributed by atoms with E-state index in [9.17, 15) is 4.79 Å². The van der Waals surface area contributed by atoms with E-state index in [0.717, 1.165) is 16.9 Å². The van der Waals surface area contributed by atoms with Gasteiger partial charge in [0.15, 0.2) is 0 Å². The molecule has 1 aromatic heterocycles. The van der Waals surface area contributed by atoms with Crippen molar-refractivity contribution in [1.82, 2.24) is 4.98 Å². The molecule has 0 saturated carbocycles. The Balaban J connectivity index is 1.53. The quantitative estimate of drug-likeness (QED) is 0.318. The summed E-state index contributed by atoms with van der Waals surface area (Å²) in [7, 11) is 0. The van der Waals surface area contributed by atoms with Crippen LogP contribution in [0.1, 0.15) is 29.3 Å². The van der Waals surface area contributed by atoms with Crippen molar-refractivity contribution in [1.29, 1.82) is 0 Å². The van der Waals surface area contributed by atoms with E-state index >= 15 is 0 Å². The lowest BCUT2D eigenvalue weighted by Crippen LogP contribution is -2.07. The van der Waals surface area contributed by atoms with Crippen molar-refractivity contribution in [3.05, 3.63) is 76.3 Å². The number of hydrogen-bond acceptors (Lipinski definition) is 7. The number of aromatic nitrogens is 1. The predicted octanol–water partition coefficient (Wildman–Crippen LogP) is 4.58. The Labute approximate surface area is 174 Å². The van der Waals surface area contributed by atoms with Gasteiger partial charge in [-0.05, 0) is 42.7 Å². The summed E-state index contributed by atoms with van der Waals surface area (Å²) in [5.41, 5.74) is 6.83. The maximum absolute atomic E-state index is 11.5. The van der Waals surface area contributed by atoms with E-state index < -0.39 is 0 Å². The van der Waals surface area contributed by atoms with Gasteiger partial charge in [-0.2, -0.15) is 5.10 Å². The molecule has 0 radical (unpaired) electrons. The molecule has 0 saturated heterocycles. The highest BCUT2D eigenvalue weighted by Crippen LogP contribution is 2.17. The molecule has 3 rings (SSSR count). The standard InChI is InChI=1S/C22H23N3O3S/c1-3-27-21(26)12-19-15-29-22(24-19)25-23-13-17-8-6-10-20(11-17)28-14-18-9-5-4-7-16(18)2/h4-11,13,15H,3,12,14H2,1-2H3,(H,24,25). The van der Waals surface area contributed by atoms with Gasteiger partial charge >= 0.3 is 5.97 Å². The lowest BCUT2D eigenvalue weighted by Gasteiger charge is -2.09. The van der Waals surface area contributed by atoms with Gasteiger partial charge in [-0.1, -0.05) is 36.4 Å². The molecule has 0 bridgehead atoms. The molecule has 0 unspecified atom stereocenters. The molecule has 0 aliphatic rings. The summed E-state index contributed by atoms with van der Waals surface area (Å²) < 4.78 is 10.8. The molecule has 2 aromatic carbocycles. The van der Waals surface area contributed by atoms with Crippen LogP contribution in [0.3, 0.4) is 0 Å². The third-order valence-electron chi connectivity index (χ3n) is 4.07. The highest BCUT2D eigenvalue weighted by molar-refractivity contribution is 7.13. The number of benzene rings is 2. The fourth-order valence-corrected chi connectivity index (χ4v) is 3.24. The second-order valence-electron chi connectivity index (χ2n) is 6.28. The van der Waals surface area contributed by atoms with Gasteiger partial charge in [0.05, 0.1) is 24.9 Å². The molecular formula is C22H23N3O3S. The van der Waals surface area contributed by atoms with Gasteiger partial charge in [0.25, 0.3) is 0 Å². The summed E-state index contributed by atoms with van der Waals surface area (Å²) in [4.78, 5) is 15.8. The Morgan fingerprint density at radius 3 is 2.93 bits per heavy atom. The number of hydrogen-bond donors (Lipinski definition) is 1. The normalized spacial score (nSPS) is 10.8. The molecule has 0 atom stereocenters. The molecule has 0 fully saturated rings. The second-order valence-corrected chi connectivity index (χ2v) is 7.14. The van der Waals surface area contributed by atoms with Crippen LogP contribution in [0, 0.1) is 6.92 Å². The molecule has 29 heavy (non-hydrogen) atoms. The number of esters is 1. The summed E-state index contributed by atoms with van der Waals surface area (Å²) in [6, 6.07) is 15.9. The van der Waals surface area contributed by atoms with Crippen molar-refractivity contribution in [2.75, 3.05) is 12.0 Å². The molecule has 1 heterocycles. The Morgan fingerprint density at radius 2 is 2.10 bits per heavy atom. The van der Waals surface area contributed by atoms with Crippen LogP contribution < -0.4 is 10.2 Å². The van der Waals surface area contributed by atoms with E-state index in [0.29, 0.717) is 24.0 Å². The van der Waals surface area contributed by atoms with E-state index in [1.54, 1.807) is 13.1 Å². The SMILES string of the molecule is CCOC(=O)Cc1csc(NN=Cc2cccc(OCc3ccccc3C)c2)n1. The number of rotatable bonds is 9. The van der Waals surface area contributed by atoms with Crippen LogP contribution in [0.5, 0.6) is 5.75 Å². The van der Waals surface area contributed by atoms with E-state index in [2.05, 4.69) is 34.6 Å². The van der Waals surface area contributed by atoms with Gasteiger partial charge in [0.2, 0.25) is 5.13 Å². The fraction of sp³-hybridized carbons (Fsp3) is 0.227. The van der Waals surface area contributed by atoms with Crippen molar-refractivity contribution in [2.24, 2.45) is 5.10 Å². The minimum Gasteiger partial charge on any atom is -0.489 e. The zero-order chi connectivity index (χ0) is 20.5. The number of anilines is 1. The lowest BCUT2D eigenvalue weighted by molar-refractivity contribution is -0.142. The van der Waals surface area contributed by atoms with Crippen LogP contribution in [0.25, 0.3) is 0 Å². The largest absolute Gasteiger partial charge is 0.489 e. The smallest absolute Gasteiger partial charge is 0.311 e. The molecule has 6 nitrogen and oxygen atoms in total. The summed E-state index contributed by atoms with van der Waals surface area (Å²) in [5, 5.41) is 6.65. The highest BCUT2D eigenvalue weighted by atomic mass is 32.1. The first kappa shape index (κ1) is 20.5. The Kier molecular flexibility index (Phi) is 7.35. The van der Waals surface area contributed by atoms with E-state index in [1.807, 2.05) is 41.8 Å².